The standard InChI is InChI=1S/C25H22N4O2/c1-31-23-13-11-22(12-14-23)29-24(30)20-9-7-19(8-10-20)21-16-27-25(28-17-21)26-15-18-5-3-2-4-6-18/h2-14,16-17H,15H2,1H3,(H,29,30)(H,26,27,28). The summed E-state index contributed by atoms with van der Waals surface area (Å²) < 4.78 is 5.13. The molecule has 1 heterocycles. The molecule has 0 saturated heterocycles. The molecule has 0 spiro atoms. The van der Waals surface area contributed by atoms with Gasteiger partial charge in [0.2, 0.25) is 5.95 Å². The predicted molar refractivity (Wildman–Crippen MR) is 122 cm³/mol. The number of nitrogens with zero attached hydrogens (tertiary/aromatic N) is 2. The molecule has 31 heavy (non-hydrogen) atoms. The van der Waals surface area contributed by atoms with E-state index in [4.69, 9.17) is 4.74 Å². The number of nitrogens with one attached hydrogen (secondary N) is 2. The molecule has 154 valence electrons. The lowest BCUT2D eigenvalue weighted by Crippen LogP contribution is -2.11. The van der Waals surface area contributed by atoms with E-state index in [0.717, 1.165) is 16.9 Å². The zero-order valence-corrected chi connectivity index (χ0v) is 17.1. The Hall–Kier alpha value is -4.19. The molecule has 0 radical (unpaired) electrons. The van der Waals surface area contributed by atoms with Gasteiger partial charge in [0.25, 0.3) is 5.91 Å². The van der Waals surface area contributed by atoms with Crippen LogP contribution in [0.2, 0.25) is 0 Å². The summed E-state index contributed by atoms with van der Waals surface area (Å²) in [5, 5.41) is 6.09. The van der Waals surface area contributed by atoms with Crippen molar-refractivity contribution >= 4 is 17.5 Å². The Kier molecular flexibility index (Phi) is 6.18. The summed E-state index contributed by atoms with van der Waals surface area (Å²) in [6.45, 7) is 0.665. The summed E-state index contributed by atoms with van der Waals surface area (Å²) in [7, 11) is 1.61. The third-order valence-corrected chi connectivity index (χ3v) is 4.77. The number of ether oxygens (including phenoxy) is 1. The Morgan fingerprint density at radius 2 is 1.52 bits per heavy atom. The number of hydrogen-bond donors (Lipinski definition) is 2. The van der Waals surface area contributed by atoms with Gasteiger partial charge in [-0.2, -0.15) is 0 Å². The average molecular weight is 410 g/mol. The molecular formula is C25H22N4O2. The number of carbonyl (C=O) groups is 1. The second-order valence-electron chi connectivity index (χ2n) is 6.89. The molecule has 3 aromatic carbocycles. The zero-order chi connectivity index (χ0) is 21.5. The lowest BCUT2D eigenvalue weighted by molar-refractivity contribution is 0.102. The first-order chi connectivity index (χ1) is 15.2. The number of rotatable bonds is 7. The molecule has 1 amide bonds. The van der Waals surface area contributed by atoms with Crippen molar-refractivity contribution in [2.24, 2.45) is 0 Å². The highest BCUT2D eigenvalue weighted by Crippen LogP contribution is 2.20. The van der Waals surface area contributed by atoms with Crippen LogP contribution in [0.4, 0.5) is 11.6 Å². The van der Waals surface area contributed by atoms with Gasteiger partial charge in [-0.3, -0.25) is 4.79 Å². The fourth-order valence-electron chi connectivity index (χ4n) is 3.04. The molecule has 0 unspecified atom stereocenters. The normalized spacial score (nSPS) is 10.4. The van der Waals surface area contributed by atoms with Crippen molar-refractivity contribution in [2.75, 3.05) is 17.7 Å². The summed E-state index contributed by atoms with van der Waals surface area (Å²) >= 11 is 0. The summed E-state index contributed by atoms with van der Waals surface area (Å²) in [5.74, 6) is 1.14. The van der Waals surface area contributed by atoms with Gasteiger partial charge >= 0.3 is 0 Å². The molecule has 0 bridgehead atoms. The molecule has 6 heteroatoms. The molecule has 0 aliphatic rings. The second-order valence-corrected chi connectivity index (χ2v) is 6.89. The van der Waals surface area contributed by atoms with Crippen molar-refractivity contribution in [1.82, 2.24) is 9.97 Å². The van der Waals surface area contributed by atoms with Gasteiger partial charge in [0.1, 0.15) is 5.75 Å². The van der Waals surface area contributed by atoms with Gasteiger partial charge in [-0.15, -0.1) is 0 Å². The van der Waals surface area contributed by atoms with Crippen molar-refractivity contribution in [3.63, 3.8) is 0 Å². The van der Waals surface area contributed by atoms with Gasteiger partial charge in [0.15, 0.2) is 0 Å². The van der Waals surface area contributed by atoms with Gasteiger partial charge < -0.3 is 15.4 Å². The smallest absolute Gasteiger partial charge is 0.255 e. The van der Waals surface area contributed by atoms with E-state index < -0.39 is 0 Å². The molecule has 0 aliphatic heterocycles. The summed E-state index contributed by atoms with van der Waals surface area (Å²) in [5.41, 5.74) is 4.27. The van der Waals surface area contributed by atoms with Crippen LogP contribution in [0, 0.1) is 0 Å². The monoisotopic (exact) mass is 410 g/mol. The highest BCUT2D eigenvalue weighted by molar-refractivity contribution is 6.04. The maximum Gasteiger partial charge on any atom is 0.255 e. The number of aromatic nitrogens is 2. The van der Waals surface area contributed by atoms with Crippen molar-refractivity contribution in [2.45, 2.75) is 6.54 Å². The predicted octanol–water partition coefficient (Wildman–Crippen LogP) is 5.02. The summed E-state index contributed by atoms with van der Waals surface area (Å²) in [6.07, 6.45) is 3.54. The molecule has 0 aliphatic carbocycles. The van der Waals surface area contributed by atoms with Crippen LogP contribution >= 0.6 is 0 Å². The topological polar surface area (TPSA) is 76.1 Å². The number of methoxy groups -OCH3 is 1. The molecule has 4 rings (SSSR count). The Balaban J connectivity index is 1.37. The van der Waals surface area contributed by atoms with E-state index in [-0.39, 0.29) is 5.91 Å². The van der Waals surface area contributed by atoms with E-state index in [1.807, 2.05) is 42.5 Å². The highest BCUT2D eigenvalue weighted by atomic mass is 16.5. The number of carbonyl (C=O) groups excluding carboxylic acids is 1. The van der Waals surface area contributed by atoms with Gasteiger partial charge in [-0.05, 0) is 47.5 Å². The maximum absolute atomic E-state index is 12.5. The fourth-order valence-corrected chi connectivity index (χ4v) is 3.04. The first kappa shape index (κ1) is 20.1. The quantitative estimate of drug-likeness (QED) is 0.448. The summed E-state index contributed by atoms with van der Waals surface area (Å²) in [6, 6.07) is 24.6. The van der Waals surface area contributed by atoms with Crippen molar-refractivity contribution < 1.29 is 9.53 Å². The van der Waals surface area contributed by atoms with Gasteiger partial charge in [-0.25, -0.2) is 9.97 Å². The van der Waals surface area contributed by atoms with Crippen LogP contribution in [-0.2, 0) is 6.54 Å². The number of anilines is 2. The minimum Gasteiger partial charge on any atom is -0.497 e. The van der Waals surface area contributed by atoms with Gasteiger partial charge in [0.05, 0.1) is 7.11 Å². The molecule has 0 saturated carbocycles. The van der Waals surface area contributed by atoms with E-state index in [0.29, 0.717) is 23.7 Å². The summed E-state index contributed by atoms with van der Waals surface area (Å²) in [4.78, 5) is 21.2. The minimum atomic E-state index is -0.173. The SMILES string of the molecule is COc1ccc(NC(=O)c2ccc(-c3cnc(NCc4ccccc4)nc3)cc2)cc1. The van der Waals surface area contributed by atoms with Crippen LogP contribution in [0.1, 0.15) is 15.9 Å². The van der Waals surface area contributed by atoms with Crippen molar-refractivity contribution in [1.29, 1.82) is 0 Å². The maximum atomic E-state index is 12.5. The van der Waals surface area contributed by atoms with Crippen LogP contribution in [0.3, 0.4) is 0 Å². The first-order valence-electron chi connectivity index (χ1n) is 9.87. The zero-order valence-electron chi connectivity index (χ0n) is 17.1. The van der Waals surface area contributed by atoms with Crippen LogP contribution < -0.4 is 15.4 Å². The molecule has 6 nitrogen and oxygen atoms in total. The van der Waals surface area contributed by atoms with Crippen LogP contribution in [0.5, 0.6) is 5.75 Å². The van der Waals surface area contributed by atoms with E-state index in [9.17, 15) is 4.79 Å². The van der Waals surface area contributed by atoms with E-state index in [1.54, 1.807) is 55.9 Å². The first-order valence-corrected chi connectivity index (χ1v) is 9.87. The molecule has 1 aromatic heterocycles. The lowest BCUT2D eigenvalue weighted by Gasteiger charge is -2.08. The molecule has 0 atom stereocenters. The number of hydrogen-bond acceptors (Lipinski definition) is 5. The lowest BCUT2D eigenvalue weighted by atomic mass is 10.1. The fraction of sp³-hybridized carbons (Fsp3) is 0.0800. The highest BCUT2D eigenvalue weighted by Gasteiger charge is 2.08. The molecular weight excluding hydrogens is 388 g/mol. The second kappa shape index (κ2) is 9.54. The molecule has 4 aromatic rings. The Bertz CT molecular complexity index is 1130. The number of amides is 1. The van der Waals surface area contributed by atoms with Crippen molar-refractivity contribution in [3.8, 4) is 16.9 Å². The molecule has 0 fully saturated rings. The number of benzene rings is 3. The van der Waals surface area contributed by atoms with E-state index in [2.05, 4.69) is 20.6 Å². The van der Waals surface area contributed by atoms with Crippen LogP contribution in [0.25, 0.3) is 11.1 Å². The Labute approximate surface area is 181 Å². The third kappa shape index (κ3) is 5.25. The minimum absolute atomic E-state index is 0.173. The van der Waals surface area contributed by atoms with Crippen LogP contribution in [-0.4, -0.2) is 23.0 Å². The molecule has 2 N–H and O–H groups in total. The van der Waals surface area contributed by atoms with Gasteiger partial charge in [-0.1, -0.05) is 42.5 Å². The largest absolute Gasteiger partial charge is 0.497 e. The van der Waals surface area contributed by atoms with Crippen LogP contribution in [0.15, 0.2) is 91.3 Å². The van der Waals surface area contributed by atoms with E-state index in [1.165, 1.54) is 5.56 Å². The third-order valence-electron chi connectivity index (χ3n) is 4.77. The Morgan fingerprint density at radius 1 is 0.839 bits per heavy atom. The average Bonchev–Trinajstić information content (AvgIpc) is 2.84. The van der Waals surface area contributed by atoms with Gasteiger partial charge in [0, 0.05) is 35.8 Å². The Morgan fingerprint density at radius 3 is 2.16 bits per heavy atom. The van der Waals surface area contributed by atoms with Crippen molar-refractivity contribution in [3.05, 3.63) is 102 Å². The van der Waals surface area contributed by atoms with E-state index >= 15 is 0 Å².